The highest BCUT2D eigenvalue weighted by molar-refractivity contribution is 5.93. The normalized spacial score (nSPS) is 22.4. The number of nitrogens with one attached hydrogen (secondary N) is 2. The summed E-state index contributed by atoms with van der Waals surface area (Å²) in [4.78, 5) is 16.6. The van der Waals surface area contributed by atoms with Gasteiger partial charge in [-0.3, -0.25) is 9.78 Å². The topological polar surface area (TPSA) is 104 Å². The third-order valence-electron chi connectivity index (χ3n) is 3.85. The van der Waals surface area contributed by atoms with Crippen molar-refractivity contribution < 1.29 is 9.90 Å². The fraction of sp³-hybridized carbons (Fsp3) is 0.429. The van der Waals surface area contributed by atoms with E-state index in [1.807, 2.05) is 18.2 Å². The highest BCUT2D eigenvalue weighted by Crippen LogP contribution is 2.37. The van der Waals surface area contributed by atoms with Gasteiger partial charge in [0.15, 0.2) is 5.69 Å². The number of aromatic amines is 1. The molecule has 1 aliphatic carbocycles. The van der Waals surface area contributed by atoms with E-state index < -0.39 is 0 Å². The van der Waals surface area contributed by atoms with E-state index in [0.717, 1.165) is 5.69 Å². The monoisotopic (exact) mass is 287 g/mol. The van der Waals surface area contributed by atoms with Crippen molar-refractivity contribution in [3.8, 4) is 0 Å². The van der Waals surface area contributed by atoms with E-state index in [0.29, 0.717) is 18.5 Å². The third kappa shape index (κ3) is 2.78. The number of amides is 1. The number of aliphatic hydroxyl groups is 1. The first-order valence-electron chi connectivity index (χ1n) is 6.92. The van der Waals surface area contributed by atoms with Crippen LogP contribution in [0.2, 0.25) is 0 Å². The lowest BCUT2D eigenvalue weighted by Gasteiger charge is -2.37. The summed E-state index contributed by atoms with van der Waals surface area (Å²) in [6, 6.07) is 5.38. The third-order valence-corrected chi connectivity index (χ3v) is 3.85. The lowest BCUT2D eigenvalue weighted by molar-refractivity contribution is 0.0227. The molecule has 1 atom stereocenters. The number of hydrogen-bond acceptors (Lipinski definition) is 5. The van der Waals surface area contributed by atoms with Gasteiger partial charge in [-0.2, -0.15) is 15.4 Å². The Morgan fingerprint density at radius 2 is 2.24 bits per heavy atom. The van der Waals surface area contributed by atoms with Gasteiger partial charge < -0.3 is 10.4 Å². The molecule has 3 rings (SSSR count). The minimum atomic E-state index is -0.285. The highest BCUT2D eigenvalue weighted by atomic mass is 16.3. The van der Waals surface area contributed by atoms with Crippen molar-refractivity contribution in [3.63, 3.8) is 0 Å². The second-order valence-corrected chi connectivity index (χ2v) is 5.35. The van der Waals surface area contributed by atoms with Crippen molar-refractivity contribution in [1.82, 2.24) is 25.7 Å². The summed E-state index contributed by atoms with van der Waals surface area (Å²) < 4.78 is 0. The number of aliphatic hydroxyl groups excluding tert-OH is 1. The van der Waals surface area contributed by atoms with Crippen molar-refractivity contribution in [1.29, 1.82) is 0 Å². The number of H-pyrrole nitrogens is 1. The van der Waals surface area contributed by atoms with Gasteiger partial charge in [0.2, 0.25) is 0 Å². The van der Waals surface area contributed by atoms with Crippen molar-refractivity contribution in [2.75, 3.05) is 0 Å². The van der Waals surface area contributed by atoms with E-state index in [-0.39, 0.29) is 29.7 Å². The van der Waals surface area contributed by atoms with Crippen LogP contribution in [-0.4, -0.2) is 37.5 Å². The molecule has 2 heterocycles. The molecule has 1 aliphatic rings. The van der Waals surface area contributed by atoms with E-state index in [4.69, 9.17) is 0 Å². The van der Waals surface area contributed by atoms with E-state index >= 15 is 0 Å². The molecule has 1 fully saturated rings. The number of aryl methyl sites for hydroxylation is 1. The Labute approximate surface area is 121 Å². The van der Waals surface area contributed by atoms with Gasteiger partial charge in [-0.25, -0.2) is 0 Å². The van der Waals surface area contributed by atoms with E-state index in [1.54, 1.807) is 13.1 Å². The van der Waals surface area contributed by atoms with Crippen LogP contribution in [0.3, 0.4) is 0 Å². The molecular weight excluding hydrogens is 270 g/mol. The van der Waals surface area contributed by atoms with Crippen LogP contribution in [0.5, 0.6) is 0 Å². The number of carbonyl (C=O) groups excluding carboxylic acids is 1. The van der Waals surface area contributed by atoms with E-state index in [1.165, 1.54) is 0 Å². The molecule has 7 nitrogen and oxygen atoms in total. The minimum absolute atomic E-state index is 0.186. The fourth-order valence-electron chi connectivity index (χ4n) is 2.60. The molecule has 3 N–H and O–H groups in total. The Hall–Kier alpha value is -2.28. The fourth-order valence-corrected chi connectivity index (χ4v) is 2.60. The molecule has 0 aromatic carbocycles. The summed E-state index contributed by atoms with van der Waals surface area (Å²) in [6.07, 6.45) is 2.75. The lowest BCUT2D eigenvalue weighted by Crippen LogP contribution is -2.42. The molecular formula is C14H17N5O2. The molecule has 21 heavy (non-hydrogen) atoms. The van der Waals surface area contributed by atoms with Crippen LogP contribution in [0.1, 0.15) is 40.8 Å². The van der Waals surface area contributed by atoms with E-state index in [2.05, 4.69) is 25.7 Å². The van der Waals surface area contributed by atoms with Crippen LogP contribution in [0.4, 0.5) is 0 Å². The molecule has 7 heteroatoms. The molecule has 1 saturated carbocycles. The van der Waals surface area contributed by atoms with Crippen LogP contribution in [0.25, 0.3) is 0 Å². The molecule has 0 aliphatic heterocycles. The Morgan fingerprint density at radius 1 is 1.43 bits per heavy atom. The second-order valence-electron chi connectivity index (χ2n) is 5.35. The Morgan fingerprint density at radius 3 is 2.81 bits per heavy atom. The molecule has 2 aromatic rings. The highest BCUT2D eigenvalue weighted by Gasteiger charge is 2.36. The van der Waals surface area contributed by atoms with Crippen LogP contribution in [0.15, 0.2) is 24.4 Å². The summed E-state index contributed by atoms with van der Waals surface area (Å²) >= 11 is 0. The summed E-state index contributed by atoms with van der Waals surface area (Å²) in [6.45, 7) is 1.72. The van der Waals surface area contributed by atoms with Gasteiger partial charge in [0.1, 0.15) is 0 Å². The molecule has 0 radical (unpaired) electrons. The maximum atomic E-state index is 12.3. The smallest absolute Gasteiger partial charge is 0.274 e. The SMILES string of the molecule is Cc1n[nH]nc1C(=O)N[C@H](c1ccccn1)C1CC(O)C1. The molecule has 0 unspecified atom stereocenters. The zero-order valence-corrected chi connectivity index (χ0v) is 11.7. The number of hydrogen-bond donors (Lipinski definition) is 3. The van der Waals surface area contributed by atoms with Gasteiger partial charge in [0.25, 0.3) is 5.91 Å². The van der Waals surface area contributed by atoms with E-state index in [9.17, 15) is 9.90 Å². The molecule has 110 valence electrons. The molecule has 0 saturated heterocycles. The first-order valence-corrected chi connectivity index (χ1v) is 6.92. The molecule has 1 amide bonds. The second kappa shape index (κ2) is 5.61. The maximum absolute atomic E-state index is 12.3. The molecule has 0 spiro atoms. The summed E-state index contributed by atoms with van der Waals surface area (Å²) in [5.74, 6) is -0.0932. The number of aromatic nitrogens is 4. The largest absolute Gasteiger partial charge is 0.393 e. The Bertz CT molecular complexity index is 621. The number of carbonyl (C=O) groups is 1. The molecule has 2 aromatic heterocycles. The van der Waals surface area contributed by atoms with Gasteiger partial charge >= 0.3 is 0 Å². The van der Waals surface area contributed by atoms with Gasteiger partial charge in [-0.05, 0) is 37.8 Å². The van der Waals surface area contributed by atoms with Gasteiger partial charge in [-0.15, -0.1) is 0 Å². The van der Waals surface area contributed by atoms with Gasteiger partial charge in [0.05, 0.1) is 23.5 Å². The van der Waals surface area contributed by atoms with Crippen molar-refractivity contribution in [2.45, 2.75) is 31.9 Å². The standard InChI is InChI=1S/C14H17N5O2/c1-8-12(18-19-17-8)14(21)16-13(9-6-10(20)7-9)11-4-2-3-5-15-11/h2-5,9-10,13,20H,6-7H2,1H3,(H,16,21)(H,17,18,19)/t9?,10?,13-/m0/s1. The predicted octanol–water partition coefficient (Wildman–Crippen LogP) is 0.750. The van der Waals surface area contributed by atoms with Crippen molar-refractivity contribution in [3.05, 3.63) is 41.5 Å². The first kappa shape index (κ1) is 13.7. The Kier molecular flexibility index (Phi) is 3.66. The molecule has 0 bridgehead atoms. The van der Waals surface area contributed by atoms with Gasteiger partial charge in [-0.1, -0.05) is 6.07 Å². The van der Waals surface area contributed by atoms with Crippen LogP contribution >= 0.6 is 0 Å². The summed E-state index contributed by atoms with van der Waals surface area (Å²) in [5, 5.41) is 22.6. The quantitative estimate of drug-likeness (QED) is 0.770. The Balaban J connectivity index is 1.80. The minimum Gasteiger partial charge on any atom is -0.393 e. The predicted molar refractivity (Wildman–Crippen MR) is 74.3 cm³/mol. The summed E-state index contributed by atoms with van der Waals surface area (Å²) in [7, 11) is 0. The average molecular weight is 287 g/mol. The maximum Gasteiger partial charge on any atom is 0.274 e. The number of nitrogens with zero attached hydrogens (tertiary/aromatic N) is 3. The van der Waals surface area contributed by atoms with Crippen molar-refractivity contribution in [2.24, 2.45) is 5.92 Å². The zero-order valence-electron chi connectivity index (χ0n) is 11.7. The first-order chi connectivity index (χ1) is 10.1. The van der Waals surface area contributed by atoms with Crippen molar-refractivity contribution >= 4 is 5.91 Å². The average Bonchev–Trinajstić information content (AvgIpc) is 2.89. The number of pyridine rings is 1. The lowest BCUT2D eigenvalue weighted by atomic mass is 9.76. The summed E-state index contributed by atoms with van der Waals surface area (Å²) in [5.41, 5.74) is 1.64. The van der Waals surface area contributed by atoms with Crippen LogP contribution in [-0.2, 0) is 0 Å². The van der Waals surface area contributed by atoms with Gasteiger partial charge in [0, 0.05) is 6.20 Å². The number of rotatable bonds is 4. The zero-order chi connectivity index (χ0) is 14.8. The van der Waals surface area contributed by atoms with Crippen LogP contribution in [0, 0.1) is 12.8 Å². The van der Waals surface area contributed by atoms with Crippen LogP contribution < -0.4 is 5.32 Å².